The van der Waals surface area contributed by atoms with Crippen molar-refractivity contribution in [3.63, 3.8) is 0 Å². The van der Waals surface area contributed by atoms with Crippen molar-refractivity contribution in [1.29, 1.82) is 0 Å². The normalized spacial score (nSPS) is 10.4. The van der Waals surface area contributed by atoms with E-state index in [2.05, 4.69) is 38.5 Å². The summed E-state index contributed by atoms with van der Waals surface area (Å²) in [6.07, 6.45) is 0.952. The summed E-state index contributed by atoms with van der Waals surface area (Å²) in [5, 5.41) is 0. The molecule has 0 bridgehead atoms. The maximum absolute atomic E-state index is 10.6. The van der Waals surface area contributed by atoms with Gasteiger partial charge in [0.05, 0.1) is 14.1 Å². The van der Waals surface area contributed by atoms with Crippen LogP contribution in [0.5, 0.6) is 5.75 Å². The molecule has 76 valence electrons. The number of rotatable bonds is 3. The fraction of sp³-hybridized carbons (Fsp3) is 0.300. The van der Waals surface area contributed by atoms with Crippen LogP contribution in [-0.4, -0.2) is 12.4 Å². The molecule has 0 spiro atoms. The van der Waals surface area contributed by atoms with Crippen molar-refractivity contribution >= 4 is 44.8 Å². The minimum atomic E-state index is 0.127. The Hall–Kier alpha value is -0.100. The Morgan fingerprint density at radius 2 is 2.14 bits per heavy atom. The maximum Gasteiger partial charge on any atom is 0.150 e. The van der Waals surface area contributed by atoms with E-state index in [1.54, 1.807) is 12.1 Å². The molecular formula is C10H10BrIO2. The fourth-order valence-corrected chi connectivity index (χ4v) is 2.72. The molecule has 0 aliphatic rings. The zero-order chi connectivity index (χ0) is 10.7. The summed E-state index contributed by atoms with van der Waals surface area (Å²) in [5.74, 6) is 0.797. The molecule has 0 radical (unpaired) electrons. The van der Waals surface area contributed by atoms with Crippen LogP contribution in [-0.2, 0) is 0 Å². The first-order valence-corrected chi connectivity index (χ1v) is 6.02. The van der Waals surface area contributed by atoms with Crippen molar-refractivity contribution in [2.24, 2.45) is 0 Å². The minimum absolute atomic E-state index is 0.127. The lowest BCUT2D eigenvalue weighted by molar-refractivity contribution is 0.112. The van der Waals surface area contributed by atoms with Crippen molar-refractivity contribution in [3.05, 3.63) is 25.7 Å². The van der Waals surface area contributed by atoms with Crippen LogP contribution in [0, 0.1) is 3.57 Å². The lowest BCUT2D eigenvalue weighted by Crippen LogP contribution is -2.07. The van der Waals surface area contributed by atoms with Gasteiger partial charge in [0.15, 0.2) is 0 Å². The average molecular weight is 369 g/mol. The van der Waals surface area contributed by atoms with E-state index in [9.17, 15) is 4.79 Å². The maximum atomic E-state index is 10.6. The van der Waals surface area contributed by atoms with E-state index < -0.39 is 0 Å². The van der Waals surface area contributed by atoms with Gasteiger partial charge < -0.3 is 4.74 Å². The molecule has 2 nitrogen and oxygen atoms in total. The molecule has 0 saturated heterocycles. The SMILES string of the molecule is CC(C)Oc1c(Br)cc(C=O)cc1I. The van der Waals surface area contributed by atoms with Crippen molar-refractivity contribution in [3.8, 4) is 5.75 Å². The van der Waals surface area contributed by atoms with E-state index in [1.165, 1.54) is 0 Å². The van der Waals surface area contributed by atoms with E-state index in [1.807, 2.05) is 13.8 Å². The first-order valence-electron chi connectivity index (χ1n) is 4.15. The zero-order valence-corrected chi connectivity index (χ0v) is 11.6. The van der Waals surface area contributed by atoms with Crippen LogP contribution >= 0.6 is 38.5 Å². The van der Waals surface area contributed by atoms with Crippen LogP contribution in [0.3, 0.4) is 0 Å². The molecule has 0 aliphatic carbocycles. The van der Waals surface area contributed by atoms with E-state index in [0.29, 0.717) is 5.56 Å². The number of ether oxygens (including phenoxy) is 1. The Morgan fingerprint density at radius 3 is 2.57 bits per heavy atom. The van der Waals surface area contributed by atoms with E-state index >= 15 is 0 Å². The van der Waals surface area contributed by atoms with Gasteiger partial charge in [0.2, 0.25) is 0 Å². The third kappa shape index (κ3) is 2.95. The lowest BCUT2D eigenvalue weighted by atomic mass is 10.2. The van der Waals surface area contributed by atoms with Crippen LogP contribution in [0.15, 0.2) is 16.6 Å². The Kier molecular flexibility index (Phi) is 4.37. The highest BCUT2D eigenvalue weighted by atomic mass is 127. The standard InChI is InChI=1S/C10H10BrIO2/c1-6(2)14-10-8(11)3-7(5-13)4-9(10)12/h3-6H,1-2H3. The van der Waals surface area contributed by atoms with Crippen molar-refractivity contribution in [2.45, 2.75) is 20.0 Å². The Morgan fingerprint density at radius 1 is 1.50 bits per heavy atom. The minimum Gasteiger partial charge on any atom is -0.489 e. The average Bonchev–Trinajstić information content (AvgIpc) is 2.10. The predicted octanol–water partition coefficient (Wildman–Crippen LogP) is 3.65. The molecule has 0 amide bonds. The predicted molar refractivity (Wildman–Crippen MR) is 68.0 cm³/mol. The number of hydrogen-bond donors (Lipinski definition) is 0. The highest BCUT2D eigenvalue weighted by molar-refractivity contribution is 14.1. The van der Waals surface area contributed by atoms with Crippen LogP contribution in [0.4, 0.5) is 0 Å². The molecule has 0 N–H and O–H groups in total. The van der Waals surface area contributed by atoms with Gasteiger partial charge in [-0.15, -0.1) is 0 Å². The Labute approximate surface area is 105 Å². The van der Waals surface area contributed by atoms with Crippen LogP contribution in [0.25, 0.3) is 0 Å². The van der Waals surface area contributed by atoms with E-state index in [-0.39, 0.29) is 6.10 Å². The summed E-state index contributed by atoms with van der Waals surface area (Å²) in [5.41, 5.74) is 0.650. The van der Waals surface area contributed by atoms with Crippen LogP contribution < -0.4 is 4.74 Å². The van der Waals surface area contributed by atoms with Gasteiger partial charge in [-0.05, 0) is 64.5 Å². The second-order valence-corrected chi connectivity index (χ2v) is 5.11. The van der Waals surface area contributed by atoms with Gasteiger partial charge in [0, 0.05) is 5.56 Å². The summed E-state index contributed by atoms with van der Waals surface area (Å²) in [4.78, 5) is 10.6. The topological polar surface area (TPSA) is 26.3 Å². The molecule has 0 unspecified atom stereocenters. The number of hydrogen-bond acceptors (Lipinski definition) is 2. The van der Waals surface area contributed by atoms with Gasteiger partial charge in [-0.3, -0.25) is 4.79 Å². The Bertz CT molecular complexity index is 327. The van der Waals surface area contributed by atoms with Gasteiger partial charge in [-0.2, -0.15) is 0 Å². The monoisotopic (exact) mass is 368 g/mol. The van der Waals surface area contributed by atoms with E-state index in [4.69, 9.17) is 4.74 Å². The fourth-order valence-electron chi connectivity index (χ4n) is 0.996. The molecule has 0 fully saturated rings. The van der Waals surface area contributed by atoms with Crippen molar-refractivity contribution in [2.75, 3.05) is 0 Å². The second-order valence-electron chi connectivity index (χ2n) is 3.10. The number of aldehydes is 1. The summed E-state index contributed by atoms with van der Waals surface area (Å²) in [7, 11) is 0. The molecule has 0 aromatic heterocycles. The second kappa shape index (κ2) is 5.11. The van der Waals surface area contributed by atoms with Crippen molar-refractivity contribution in [1.82, 2.24) is 0 Å². The molecule has 1 aromatic carbocycles. The molecule has 0 aliphatic heterocycles. The zero-order valence-electron chi connectivity index (χ0n) is 7.88. The van der Waals surface area contributed by atoms with Gasteiger partial charge in [-0.25, -0.2) is 0 Å². The summed E-state index contributed by atoms with van der Waals surface area (Å²) < 4.78 is 7.36. The van der Waals surface area contributed by atoms with Crippen molar-refractivity contribution < 1.29 is 9.53 Å². The third-order valence-corrected chi connectivity index (χ3v) is 2.90. The highest BCUT2D eigenvalue weighted by Crippen LogP contribution is 2.32. The van der Waals surface area contributed by atoms with Gasteiger partial charge in [0.1, 0.15) is 12.0 Å². The third-order valence-electron chi connectivity index (χ3n) is 1.51. The molecule has 14 heavy (non-hydrogen) atoms. The highest BCUT2D eigenvalue weighted by Gasteiger charge is 2.09. The number of benzene rings is 1. The molecular weight excluding hydrogens is 359 g/mol. The molecule has 1 rings (SSSR count). The largest absolute Gasteiger partial charge is 0.489 e. The molecule has 0 saturated carbocycles. The number of carbonyl (C=O) groups excluding carboxylic acids is 1. The number of carbonyl (C=O) groups is 1. The molecule has 0 heterocycles. The van der Waals surface area contributed by atoms with E-state index in [0.717, 1.165) is 20.1 Å². The lowest BCUT2D eigenvalue weighted by Gasteiger charge is -2.13. The summed E-state index contributed by atoms with van der Waals surface area (Å²) >= 11 is 5.53. The van der Waals surface area contributed by atoms with Gasteiger partial charge in [-0.1, -0.05) is 0 Å². The molecule has 1 aromatic rings. The Balaban J connectivity index is 3.11. The first kappa shape index (κ1) is 12.0. The number of halogens is 2. The van der Waals surface area contributed by atoms with Crippen LogP contribution in [0.1, 0.15) is 24.2 Å². The first-order chi connectivity index (χ1) is 6.54. The summed E-state index contributed by atoms with van der Waals surface area (Å²) in [6, 6.07) is 3.56. The molecule has 0 atom stereocenters. The molecule has 4 heteroatoms. The quantitative estimate of drug-likeness (QED) is 0.601. The van der Waals surface area contributed by atoms with Gasteiger partial charge >= 0.3 is 0 Å². The van der Waals surface area contributed by atoms with Gasteiger partial charge in [0.25, 0.3) is 0 Å². The smallest absolute Gasteiger partial charge is 0.150 e. The summed E-state index contributed by atoms with van der Waals surface area (Å²) in [6.45, 7) is 3.94. The van der Waals surface area contributed by atoms with Crippen LogP contribution in [0.2, 0.25) is 0 Å².